The molecule has 1 aromatic carbocycles. The van der Waals surface area contributed by atoms with E-state index in [0.29, 0.717) is 25.7 Å². The summed E-state index contributed by atoms with van der Waals surface area (Å²) in [4.78, 5) is 13.9. The SMILES string of the molecule is CCCCOC(=O)CN(Cc1ccc(F)cc1)C1CC1. The van der Waals surface area contributed by atoms with Gasteiger partial charge in [-0.1, -0.05) is 25.5 Å². The van der Waals surface area contributed by atoms with Crippen molar-refractivity contribution in [3.05, 3.63) is 35.6 Å². The predicted octanol–water partition coefficient (Wildman–Crippen LogP) is 3.13. The van der Waals surface area contributed by atoms with Crippen LogP contribution in [0.5, 0.6) is 0 Å². The molecule has 0 saturated heterocycles. The number of rotatable bonds is 8. The number of unbranched alkanes of at least 4 members (excludes halogenated alkanes) is 1. The second-order valence-corrected chi connectivity index (χ2v) is 5.34. The maximum absolute atomic E-state index is 12.9. The lowest BCUT2D eigenvalue weighted by molar-refractivity contribution is -0.145. The number of halogens is 1. The molecule has 0 amide bonds. The molecule has 0 atom stereocenters. The maximum Gasteiger partial charge on any atom is 0.320 e. The van der Waals surface area contributed by atoms with Crippen LogP contribution < -0.4 is 0 Å². The van der Waals surface area contributed by atoms with Crippen LogP contribution >= 0.6 is 0 Å². The van der Waals surface area contributed by atoms with Crippen molar-refractivity contribution < 1.29 is 13.9 Å². The molecule has 1 aliphatic carbocycles. The highest BCUT2D eigenvalue weighted by Crippen LogP contribution is 2.28. The summed E-state index contributed by atoms with van der Waals surface area (Å²) in [5.74, 6) is -0.391. The molecule has 0 N–H and O–H groups in total. The van der Waals surface area contributed by atoms with Gasteiger partial charge in [-0.05, 0) is 37.0 Å². The second-order valence-electron chi connectivity index (χ2n) is 5.34. The Balaban J connectivity index is 1.84. The molecule has 0 unspecified atom stereocenters. The summed E-state index contributed by atoms with van der Waals surface area (Å²) >= 11 is 0. The molecule has 0 bridgehead atoms. The Morgan fingerprint density at radius 2 is 2.05 bits per heavy atom. The van der Waals surface area contributed by atoms with Gasteiger partial charge in [0.05, 0.1) is 13.2 Å². The third kappa shape index (κ3) is 4.93. The average molecular weight is 279 g/mol. The van der Waals surface area contributed by atoms with Gasteiger partial charge in [0.15, 0.2) is 0 Å². The first-order valence-corrected chi connectivity index (χ1v) is 7.33. The zero-order valence-electron chi connectivity index (χ0n) is 12.0. The van der Waals surface area contributed by atoms with Crippen molar-refractivity contribution in [2.75, 3.05) is 13.2 Å². The summed E-state index contributed by atoms with van der Waals surface area (Å²) in [6.45, 7) is 3.57. The minimum Gasteiger partial charge on any atom is -0.465 e. The van der Waals surface area contributed by atoms with Crippen LogP contribution in [0.15, 0.2) is 24.3 Å². The van der Waals surface area contributed by atoms with E-state index >= 15 is 0 Å². The van der Waals surface area contributed by atoms with Crippen LogP contribution in [0.2, 0.25) is 0 Å². The van der Waals surface area contributed by atoms with Gasteiger partial charge in [-0.3, -0.25) is 9.69 Å². The van der Waals surface area contributed by atoms with Gasteiger partial charge in [-0.2, -0.15) is 0 Å². The third-order valence-corrected chi connectivity index (χ3v) is 3.46. The highest BCUT2D eigenvalue weighted by molar-refractivity contribution is 5.71. The first kappa shape index (κ1) is 15.0. The Labute approximate surface area is 119 Å². The van der Waals surface area contributed by atoms with E-state index in [0.717, 1.165) is 31.2 Å². The number of esters is 1. The van der Waals surface area contributed by atoms with Crippen LogP contribution in [0, 0.1) is 5.82 Å². The van der Waals surface area contributed by atoms with Gasteiger partial charge in [0.25, 0.3) is 0 Å². The van der Waals surface area contributed by atoms with E-state index in [4.69, 9.17) is 4.74 Å². The minimum atomic E-state index is -0.231. The normalized spacial score (nSPS) is 14.6. The Hall–Kier alpha value is -1.42. The molecule has 2 rings (SSSR count). The largest absolute Gasteiger partial charge is 0.465 e. The quantitative estimate of drug-likeness (QED) is 0.541. The minimum absolute atomic E-state index is 0.160. The zero-order valence-corrected chi connectivity index (χ0v) is 12.0. The zero-order chi connectivity index (χ0) is 14.4. The van der Waals surface area contributed by atoms with Gasteiger partial charge in [-0.15, -0.1) is 0 Å². The molecule has 1 aromatic rings. The lowest BCUT2D eigenvalue weighted by Crippen LogP contribution is -2.32. The van der Waals surface area contributed by atoms with E-state index < -0.39 is 0 Å². The van der Waals surface area contributed by atoms with Gasteiger partial charge in [0.1, 0.15) is 5.82 Å². The lowest BCUT2D eigenvalue weighted by atomic mass is 10.2. The van der Waals surface area contributed by atoms with Crippen LogP contribution in [0.4, 0.5) is 4.39 Å². The van der Waals surface area contributed by atoms with Crippen molar-refractivity contribution in [1.82, 2.24) is 4.90 Å². The second kappa shape index (κ2) is 7.39. The van der Waals surface area contributed by atoms with Crippen LogP contribution in [0.3, 0.4) is 0 Å². The molecule has 20 heavy (non-hydrogen) atoms. The Bertz CT molecular complexity index is 429. The van der Waals surface area contributed by atoms with Crippen molar-refractivity contribution in [3.8, 4) is 0 Å². The summed E-state index contributed by atoms with van der Waals surface area (Å²) < 4.78 is 18.1. The average Bonchev–Trinajstić information content (AvgIpc) is 3.25. The smallest absolute Gasteiger partial charge is 0.320 e. The van der Waals surface area contributed by atoms with Gasteiger partial charge >= 0.3 is 5.97 Å². The van der Waals surface area contributed by atoms with Crippen LogP contribution in [0.1, 0.15) is 38.2 Å². The molecule has 0 radical (unpaired) electrons. The Kier molecular flexibility index (Phi) is 5.53. The summed E-state index contributed by atoms with van der Waals surface area (Å²) in [6.07, 6.45) is 4.19. The molecular formula is C16H22FNO2. The summed E-state index contributed by atoms with van der Waals surface area (Å²) in [6, 6.07) is 6.93. The van der Waals surface area contributed by atoms with Gasteiger partial charge in [-0.25, -0.2) is 4.39 Å². The van der Waals surface area contributed by atoms with E-state index in [1.807, 2.05) is 0 Å². The molecule has 0 aromatic heterocycles. The van der Waals surface area contributed by atoms with E-state index in [1.54, 1.807) is 12.1 Å². The third-order valence-electron chi connectivity index (χ3n) is 3.46. The predicted molar refractivity (Wildman–Crippen MR) is 75.7 cm³/mol. The molecule has 3 nitrogen and oxygen atoms in total. The van der Waals surface area contributed by atoms with Crippen LogP contribution in [-0.4, -0.2) is 30.1 Å². The maximum atomic E-state index is 12.9. The summed E-state index contributed by atoms with van der Waals surface area (Å²) in [5, 5.41) is 0. The molecule has 1 saturated carbocycles. The van der Waals surface area contributed by atoms with Crippen molar-refractivity contribution in [2.45, 2.75) is 45.2 Å². The molecule has 1 aliphatic rings. The Morgan fingerprint density at radius 1 is 1.35 bits per heavy atom. The number of nitrogens with zero attached hydrogens (tertiary/aromatic N) is 1. The molecule has 4 heteroatoms. The van der Waals surface area contributed by atoms with Crippen LogP contribution in [-0.2, 0) is 16.1 Å². The summed E-state index contributed by atoms with van der Waals surface area (Å²) in [7, 11) is 0. The molecular weight excluding hydrogens is 257 g/mol. The lowest BCUT2D eigenvalue weighted by Gasteiger charge is -2.21. The van der Waals surface area contributed by atoms with E-state index in [9.17, 15) is 9.18 Å². The van der Waals surface area contributed by atoms with Gasteiger partial charge in [0, 0.05) is 12.6 Å². The number of hydrogen-bond acceptors (Lipinski definition) is 3. The van der Waals surface area contributed by atoms with Crippen LogP contribution in [0.25, 0.3) is 0 Å². The molecule has 1 fully saturated rings. The number of ether oxygens (including phenoxy) is 1. The highest BCUT2D eigenvalue weighted by atomic mass is 19.1. The van der Waals surface area contributed by atoms with Gasteiger partial charge in [0.2, 0.25) is 0 Å². The fourth-order valence-corrected chi connectivity index (χ4v) is 2.12. The topological polar surface area (TPSA) is 29.5 Å². The standard InChI is InChI=1S/C16H22FNO2/c1-2-3-10-20-16(19)12-18(15-8-9-15)11-13-4-6-14(17)7-5-13/h4-7,15H,2-3,8-12H2,1H3. The fraction of sp³-hybridized carbons (Fsp3) is 0.562. The van der Waals surface area contributed by atoms with Crippen molar-refractivity contribution in [1.29, 1.82) is 0 Å². The molecule has 110 valence electrons. The number of benzene rings is 1. The molecule has 0 heterocycles. The van der Waals surface area contributed by atoms with Gasteiger partial charge < -0.3 is 4.74 Å². The van der Waals surface area contributed by atoms with E-state index in [1.165, 1.54) is 12.1 Å². The number of hydrogen-bond donors (Lipinski definition) is 0. The van der Waals surface area contributed by atoms with Crippen molar-refractivity contribution in [2.24, 2.45) is 0 Å². The molecule has 0 spiro atoms. The monoisotopic (exact) mass is 279 g/mol. The van der Waals surface area contributed by atoms with Crippen molar-refractivity contribution >= 4 is 5.97 Å². The number of carbonyl (C=O) groups excluding carboxylic acids is 1. The Morgan fingerprint density at radius 3 is 2.65 bits per heavy atom. The number of carbonyl (C=O) groups is 1. The highest BCUT2D eigenvalue weighted by Gasteiger charge is 2.30. The molecule has 0 aliphatic heterocycles. The van der Waals surface area contributed by atoms with E-state index in [2.05, 4.69) is 11.8 Å². The fourth-order valence-electron chi connectivity index (χ4n) is 2.12. The first-order valence-electron chi connectivity index (χ1n) is 7.33. The van der Waals surface area contributed by atoms with E-state index in [-0.39, 0.29) is 11.8 Å². The van der Waals surface area contributed by atoms with Crippen molar-refractivity contribution in [3.63, 3.8) is 0 Å². The summed E-state index contributed by atoms with van der Waals surface area (Å²) in [5.41, 5.74) is 1.03. The first-order chi connectivity index (χ1) is 9.69.